The molecule has 0 spiro atoms. The van der Waals surface area contributed by atoms with Gasteiger partial charge in [0, 0.05) is 12.1 Å². The highest BCUT2D eigenvalue weighted by Crippen LogP contribution is 2.39. The molecule has 1 heterocycles. The number of aliphatic hydroxyl groups is 1. The number of ketones is 1. The maximum Gasteiger partial charge on any atom is 0.295 e. The van der Waals surface area contributed by atoms with E-state index in [2.05, 4.69) is 18.7 Å². The average molecular weight is 425 g/mol. The first-order valence-electron chi connectivity index (χ1n) is 10.7. The second-order valence-electron chi connectivity index (χ2n) is 7.79. The van der Waals surface area contributed by atoms with Gasteiger partial charge in [-0.25, -0.2) is 4.39 Å². The third-order valence-corrected chi connectivity index (χ3v) is 5.82. The molecular weight excluding hydrogens is 395 g/mol. The zero-order valence-corrected chi connectivity index (χ0v) is 18.3. The zero-order chi connectivity index (χ0) is 22.5. The van der Waals surface area contributed by atoms with Crippen LogP contribution in [0.5, 0.6) is 0 Å². The Morgan fingerprint density at radius 2 is 1.65 bits per heavy atom. The molecule has 1 amide bonds. The summed E-state index contributed by atoms with van der Waals surface area (Å²) in [4.78, 5) is 29.6. The van der Waals surface area contributed by atoms with Gasteiger partial charge in [-0.3, -0.25) is 9.59 Å². The summed E-state index contributed by atoms with van der Waals surface area (Å²) in [6.45, 7) is 9.06. The Balaban J connectivity index is 2.01. The van der Waals surface area contributed by atoms with Gasteiger partial charge in [0.2, 0.25) is 0 Å². The van der Waals surface area contributed by atoms with Gasteiger partial charge < -0.3 is 14.9 Å². The Hall–Kier alpha value is -2.99. The third-order valence-electron chi connectivity index (χ3n) is 5.82. The van der Waals surface area contributed by atoms with Crippen molar-refractivity contribution in [2.75, 3.05) is 26.2 Å². The quantitative estimate of drug-likeness (QED) is 0.390. The maximum atomic E-state index is 13.5. The van der Waals surface area contributed by atoms with Crippen LogP contribution < -0.4 is 0 Å². The van der Waals surface area contributed by atoms with Gasteiger partial charge in [-0.15, -0.1) is 0 Å². The van der Waals surface area contributed by atoms with Gasteiger partial charge in [0.1, 0.15) is 11.6 Å². The first-order valence-corrected chi connectivity index (χ1v) is 10.7. The number of carbonyl (C=O) groups is 2. The monoisotopic (exact) mass is 424 g/mol. The minimum atomic E-state index is -0.751. The van der Waals surface area contributed by atoms with Gasteiger partial charge in [-0.2, -0.15) is 0 Å². The number of likely N-dealkylation sites (tertiary alicyclic amines) is 1. The molecule has 1 atom stereocenters. The molecule has 164 valence electrons. The van der Waals surface area contributed by atoms with Gasteiger partial charge >= 0.3 is 0 Å². The normalized spacial score (nSPS) is 18.2. The van der Waals surface area contributed by atoms with Crippen LogP contribution in [0, 0.1) is 12.7 Å². The van der Waals surface area contributed by atoms with Crippen LogP contribution >= 0.6 is 0 Å². The largest absolute Gasteiger partial charge is 0.507 e. The molecule has 1 aliphatic heterocycles. The van der Waals surface area contributed by atoms with Crippen LogP contribution in [0.25, 0.3) is 5.76 Å². The number of aliphatic hydroxyl groups excluding tert-OH is 1. The molecule has 0 saturated carbocycles. The fraction of sp³-hybridized carbons (Fsp3) is 0.360. The standard InChI is InChI=1S/C25H29FN2O3/c1-4-27(5-2)15-6-16-28-22(18-11-13-20(26)14-12-18)21(24(30)25(28)31)23(29)19-9-7-17(3)8-10-19/h7-14,22,29H,4-6,15-16H2,1-3H3. The number of halogens is 1. The molecule has 1 saturated heterocycles. The molecule has 3 rings (SSSR count). The number of benzene rings is 2. The number of carbonyl (C=O) groups excluding carboxylic acids is 2. The Morgan fingerprint density at radius 1 is 1.03 bits per heavy atom. The summed E-state index contributed by atoms with van der Waals surface area (Å²) in [5, 5.41) is 11.0. The average Bonchev–Trinajstić information content (AvgIpc) is 3.02. The molecule has 0 radical (unpaired) electrons. The van der Waals surface area contributed by atoms with Crippen molar-refractivity contribution in [2.24, 2.45) is 0 Å². The van der Waals surface area contributed by atoms with E-state index in [4.69, 9.17) is 0 Å². The van der Waals surface area contributed by atoms with Crippen LogP contribution in [0.3, 0.4) is 0 Å². The summed E-state index contributed by atoms with van der Waals surface area (Å²) >= 11 is 0. The molecular formula is C25H29FN2O3. The molecule has 0 aliphatic carbocycles. The Kier molecular flexibility index (Phi) is 7.23. The summed E-state index contributed by atoms with van der Waals surface area (Å²) in [6.07, 6.45) is 0.691. The van der Waals surface area contributed by atoms with Crippen molar-refractivity contribution in [2.45, 2.75) is 33.2 Å². The van der Waals surface area contributed by atoms with Crippen molar-refractivity contribution in [3.05, 3.63) is 76.6 Å². The Bertz CT molecular complexity index is 963. The van der Waals surface area contributed by atoms with E-state index in [0.29, 0.717) is 24.1 Å². The Morgan fingerprint density at radius 3 is 2.23 bits per heavy atom. The number of Topliss-reactive ketones (excluding diaryl/α,β-unsaturated/α-hetero) is 1. The lowest BCUT2D eigenvalue weighted by Gasteiger charge is -2.26. The predicted octanol–water partition coefficient (Wildman–Crippen LogP) is 4.29. The SMILES string of the molecule is CCN(CC)CCCN1C(=O)C(=O)C(=C(O)c2ccc(C)cc2)C1c1ccc(F)cc1. The minimum Gasteiger partial charge on any atom is -0.507 e. The van der Waals surface area contributed by atoms with E-state index >= 15 is 0 Å². The molecule has 1 fully saturated rings. The van der Waals surface area contributed by atoms with Crippen LogP contribution in [-0.4, -0.2) is 52.8 Å². The summed E-state index contributed by atoms with van der Waals surface area (Å²) in [5.41, 5.74) is 2.13. The number of hydrogen-bond donors (Lipinski definition) is 1. The van der Waals surface area contributed by atoms with E-state index in [1.54, 1.807) is 24.3 Å². The molecule has 2 aromatic carbocycles. The summed E-state index contributed by atoms with van der Waals surface area (Å²) in [5.74, 6) is -1.96. The van der Waals surface area contributed by atoms with Crippen molar-refractivity contribution in [3.8, 4) is 0 Å². The molecule has 6 heteroatoms. The lowest BCUT2D eigenvalue weighted by molar-refractivity contribution is -0.140. The van der Waals surface area contributed by atoms with Crippen molar-refractivity contribution in [1.29, 1.82) is 0 Å². The van der Waals surface area contributed by atoms with E-state index in [1.165, 1.54) is 17.0 Å². The number of rotatable bonds is 8. The van der Waals surface area contributed by atoms with Gasteiger partial charge in [-0.1, -0.05) is 55.8 Å². The summed E-state index contributed by atoms with van der Waals surface area (Å²) < 4.78 is 13.5. The van der Waals surface area contributed by atoms with Crippen molar-refractivity contribution in [1.82, 2.24) is 9.80 Å². The highest BCUT2D eigenvalue weighted by atomic mass is 19.1. The minimum absolute atomic E-state index is 0.0447. The maximum absolute atomic E-state index is 13.5. The lowest BCUT2D eigenvalue weighted by atomic mass is 9.95. The van der Waals surface area contributed by atoms with Crippen LogP contribution in [0.1, 0.15) is 43.0 Å². The lowest BCUT2D eigenvalue weighted by Crippen LogP contribution is -2.33. The molecule has 5 nitrogen and oxygen atoms in total. The number of amides is 1. The number of nitrogens with zero attached hydrogens (tertiary/aromatic N) is 2. The number of hydrogen-bond acceptors (Lipinski definition) is 4. The van der Waals surface area contributed by atoms with Crippen molar-refractivity contribution >= 4 is 17.4 Å². The highest BCUT2D eigenvalue weighted by Gasteiger charge is 2.45. The fourth-order valence-electron chi connectivity index (χ4n) is 3.97. The topological polar surface area (TPSA) is 60.9 Å². The molecule has 1 unspecified atom stereocenters. The second kappa shape index (κ2) is 9.88. The summed E-state index contributed by atoms with van der Waals surface area (Å²) in [7, 11) is 0. The first kappa shape index (κ1) is 22.7. The number of aryl methyl sites for hydroxylation is 1. The van der Waals surface area contributed by atoms with E-state index in [-0.39, 0.29) is 11.3 Å². The predicted molar refractivity (Wildman–Crippen MR) is 119 cm³/mol. The van der Waals surface area contributed by atoms with E-state index < -0.39 is 23.5 Å². The van der Waals surface area contributed by atoms with Crippen molar-refractivity contribution < 1.29 is 19.1 Å². The second-order valence-corrected chi connectivity index (χ2v) is 7.79. The van der Waals surface area contributed by atoms with E-state index in [1.807, 2.05) is 19.1 Å². The first-order chi connectivity index (χ1) is 14.9. The molecule has 0 bridgehead atoms. The van der Waals surface area contributed by atoms with Crippen LogP contribution in [0.2, 0.25) is 0 Å². The van der Waals surface area contributed by atoms with E-state index in [0.717, 1.165) is 25.2 Å². The molecule has 1 aliphatic rings. The zero-order valence-electron chi connectivity index (χ0n) is 18.3. The van der Waals surface area contributed by atoms with Gasteiger partial charge in [-0.05, 0) is 50.7 Å². The van der Waals surface area contributed by atoms with Gasteiger partial charge in [0.05, 0.1) is 11.6 Å². The third kappa shape index (κ3) is 4.85. The molecule has 0 aromatic heterocycles. The Labute approximate surface area is 182 Å². The molecule has 31 heavy (non-hydrogen) atoms. The van der Waals surface area contributed by atoms with Crippen molar-refractivity contribution in [3.63, 3.8) is 0 Å². The molecule has 2 aromatic rings. The fourth-order valence-corrected chi connectivity index (χ4v) is 3.97. The molecule has 1 N–H and O–H groups in total. The van der Waals surface area contributed by atoms with Gasteiger partial charge in [0.15, 0.2) is 0 Å². The van der Waals surface area contributed by atoms with Crippen LogP contribution in [-0.2, 0) is 9.59 Å². The smallest absolute Gasteiger partial charge is 0.295 e. The highest BCUT2D eigenvalue weighted by molar-refractivity contribution is 6.46. The van der Waals surface area contributed by atoms with Gasteiger partial charge in [0.25, 0.3) is 11.7 Å². The van der Waals surface area contributed by atoms with Crippen LogP contribution in [0.4, 0.5) is 4.39 Å². The van der Waals surface area contributed by atoms with Crippen LogP contribution in [0.15, 0.2) is 54.1 Å². The summed E-state index contributed by atoms with van der Waals surface area (Å²) in [6, 6.07) is 12.1. The van der Waals surface area contributed by atoms with E-state index in [9.17, 15) is 19.1 Å².